The molecule has 0 aliphatic carbocycles. The summed E-state index contributed by atoms with van der Waals surface area (Å²) < 4.78 is 23.2. The van der Waals surface area contributed by atoms with Gasteiger partial charge < -0.3 is 0 Å². The minimum atomic E-state index is -3.05. The van der Waals surface area contributed by atoms with Crippen LogP contribution in [0.2, 0.25) is 0 Å². The molecule has 0 amide bonds. The molecule has 0 fully saturated rings. The number of nitrogens with zero attached hydrogens (tertiary/aromatic N) is 1. The third-order valence-corrected chi connectivity index (χ3v) is 3.24. The van der Waals surface area contributed by atoms with Crippen LogP contribution < -0.4 is 0 Å². The predicted octanol–water partition coefficient (Wildman–Crippen LogP) is 1.23. The fourth-order valence-electron chi connectivity index (χ4n) is 0.690. The molecule has 67 valence electrons. The van der Waals surface area contributed by atoms with Gasteiger partial charge in [0.25, 0.3) is 0 Å². The van der Waals surface area contributed by atoms with Gasteiger partial charge in [0.1, 0.15) is 0 Å². The zero-order valence-corrected chi connectivity index (χ0v) is 8.02. The van der Waals surface area contributed by atoms with Crippen molar-refractivity contribution in [3.8, 4) is 0 Å². The van der Waals surface area contributed by atoms with E-state index in [1.807, 2.05) is 6.92 Å². The van der Waals surface area contributed by atoms with Gasteiger partial charge in [-0.05, 0) is 6.42 Å². The zero-order valence-electron chi connectivity index (χ0n) is 7.21. The summed E-state index contributed by atoms with van der Waals surface area (Å²) >= 11 is 0. The highest BCUT2D eigenvalue weighted by molar-refractivity contribution is 7.89. The van der Waals surface area contributed by atoms with Crippen molar-refractivity contribution in [1.29, 1.82) is 0 Å². The molecule has 0 aliphatic rings. The Morgan fingerprint density at radius 1 is 1.36 bits per heavy atom. The third kappa shape index (κ3) is 4.37. The molecule has 0 spiro atoms. The minimum Gasteiger partial charge on any atom is -0.212 e. The first-order chi connectivity index (χ1) is 5.00. The molecular formula is C7H16NO2S. The Labute approximate surface area is 69.4 Å². The maximum Gasteiger partial charge on any atom is 0.213 e. The fourth-order valence-corrected chi connectivity index (χ4v) is 1.57. The lowest BCUT2D eigenvalue weighted by atomic mass is 10.3. The molecule has 3 nitrogen and oxygen atoms in total. The average molecular weight is 178 g/mol. The predicted molar refractivity (Wildman–Crippen MR) is 46.4 cm³/mol. The maximum absolute atomic E-state index is 11.1. The van der Waals surface area contributed by atoms with Gasteiger partial charge in [-0.2, -0.15) is 0 Å². The summed E-state index contributed by atoms with van der Waals surface area (Å²) in [6.45, 7) is 2.04. The third-order valence-electron chi connectivity index (χ3n) is 1.48. The summed E-state index contributed by atoms with van der Waals surface area (Å²) in [5.74, 6) is 0.223. The number of hydrogen-bond acceptors (Lipinski definition) is 2. The lowest BCUT2D eigenvalue weighted by molar-refractivity contribution is 0.533. The van der Waals surface area contributed by atoms with Gasteiger partial charge in [0.2, 0.25) is 10.0 Å². The van der Waals surface area contributed by atoms with Crippen molar-refractivity contribution in [3.05, 3.63) is 7.05 Å². The molecule has 0 aromatic rings. The van der Waals surface area contributed by atoms with Crippen molar-refractivity contribution in [1.82, 2.24) is 4.31 Å². The second-order valence-electron chi connectivity index (χ2n) is 2.62. The second kappa shape index (κ2) is 4.72. The topological polar surface area (TPSA) is 37.4 Å². The van der Waals surface area contributed by atoms with E-state index in [-0.39, 0.29) is 5.75 Å². The van der Waals surface area contributed by atoms with Crippen LogP contribution in [-0.4, -0.2) is 25.5 Å². The number of hydrogen-bond donors (Lipinski definition) is 0. The molecule has 0 aromatic heterocycles. The van der Waals surface area contributed by atoms with Gasteiger partial charge in [0.05, 0.1) is 5.75 Å². The second-order valence-corrected chi connectivity index (χ2v) is 4.82. The Morgan fingerprint density at radius 3 is 2.27 bits per heavy atom. The van der Waals surface area contributed by atoms with Gasteiger partial charge in [-0.15, -0.1) is 0 Å². The summed E-state index contributed by atoms with van der Waals surface area (Å²) in [5.41, 5.74) is 0. The molecular weight excluding hydrogens is 162 g/mol. The van der Waals surface area contributed by atoms with Crippen LogP contribution in [0.3, 0.4) is 0 Å². The molecule has 0 aromatic carbocycles. The molecule has 0 rings (SSSR count). The highest BCUT2D eigenvalue weighted by Gasteiger charge is 2.11. The van der Waals surface area contributed by atoms with E-state index in [9.17, 15) is 8.42 Å². The van der Waals surface area contributed by atoms with Crippen LogP contribution in [0, 0.1) is 7.05 Å². The van der Waals surface area contributed by atoms with Gasteiger partial charge >= 0.3 is 0 Å². The molecule has 0 atom stereocenters. The minimum absolute atomic E-state index is 0.223. The Balaban J connectivity index is 3.75. The van der Waals surface area contributed by atoms with Crippen molar-refractivity contribution in [2.75, 3.05) is 12.8 Å². The van der Waals surface area contributed by atoms with Crippen molar-refractivity contribution in [3.63, 3.8) is 0 Å². The molecule has 1 radical (unpaired) electrons. The van der Waals surface area contributed by atoms with Crippen LogP contribution in [0.15, 0.2) is 0 Å². The van der Waals surface area contributed by atoms with Crippen molar-refractivity contribution < 1.29 is 8.42 Å². The molecule has 0 unspecified atom stereocenters. The molecule has 0 saturated carbocycles. The molecule has 0 saturated heterocycles. The molecule has 0 aliphatic heterocycles. The van der Waals surface area contributed by atoms with E-state index in [0.29, 0.717) is 0 Å². The van der Waals surface area contributed by atoms with Crippen LogP contribution in [-0.2, 0) is 10.0 Å². The standard InChI is InChI=1S/C7H16NO2S/c1-4-5-6-7-11(9,10)8(2)3/h2,4-7H2,1,3H3. The maximum atomic E-state index is 11.1. The molecule has 0 heterocycles. The van der Waals surface area contributed by atoms with Crippen LogP contribution in [0.4, 0.5) is 0 Å². The lowest BCUT2D eigenvalue weighted by Crippen LogP contribution is -2.23. The normalized spacial score (nSPS) is 12.4. The smallest absolute Gasteiger partial charge is 0.212 e. The van der Waals surface area contributed by atoms with Crippen molar-refractivity contribution in [2.45, 2.75) is 26.2 Å². The highest BCUT2D eigenvalue weighted by atomic mass is 32.2. The Bertz CT molecular complexity index is 185. The first-order valence-corrected chi connectivity index (χ1v) is 5.38. The molecule has 0 N–H and O–H groups in total. The van der Waals surface area contributed by atoms with Gasteiger partial charge in [-0.25, -0.2) is 12.7 Å². The van der Waals surface area contributed by atoms with Crippen molar-refractivity contribution >= 4 is 10.0 Å². The van der Waals surface area contributed by atoms with Gasteiger partial charge in [0, 0.05) is 14.1 Å². The number of rotatable bonds is 5. The summed E-state index contributed by atoms with van der Waals surface area (Å²) in [6, 6.07) is 0. The Kier molecular flexibility index (Phi) is 4.68. The van der Waals surface area contributed by atoms with E-state index in [2.05, 4.69) is 7.05 Å². The Hall–Kier alpha value is -0.0900. The van der Waals surface area contributed by atoms with Crippen LogP contribution in [0.5, 0.6) is 0 Å². The fraction of sp³-hybridized carbons (Fsp3) is 0.857. The van der Waals surface area contributed by atoms with E-state index >= 15 is 0 Å². The van der Waals surface area contributed by atoms with E-state index in [4.69, 9.17) is 0 Å². The summed E-state index contributed by atoms with van der Waals surface area (Å²) in [7, 11) is 1.75. The summed E-state index contributed by atoms with van der Waals surface area (Å²) in [5, 5.41) is 0. The van der Waals surface area contributed by atoms with Crippen molar-refractivity contribution in [2.24, 2.45) is 0 Å². The number of unbranched alkanes of at least 4 members (excludes halogenated alkanes) is 2. The first-order valence-electron chi connectivity index (χ1n) is 3.78. The lowest BCUT2D eigenvalue weighted by Gasteiger charge is -2.09. The monoisotopic (exact) mass is 178 g/mol. The van der Waals surface area contributed by atoms with Crippen LogP contribution >= 0.6 is 0 Å². The molecule has 0 bridgehead atoms. The summed E-state index contributed by atoms with van der Waals surface area (Å²) in [4.78, 5) is 0. The van der Waals surface area contributed by atoms with Gasteiger partial charge in [0.15, 0.2) is 0 Å². The van der Waals surface area contributed by atoms with Gasteiger partial charge in [-0.1, -0.05) is 19.8 Å². The van der Waals surface area contributed by atoms with Crippen LogP contribution in [0.25, 0.3) is 0 Å². The van der Waals surface area contributed by atoms with Gasteiger partial charge in [-0.3, -0.25) is 0 Å². The van der Waals surface area contributed by atoms with Crippen LogP contribution in [0.1, 0.15) is 26.2 Å². The summed E-state index contributed by atoms with van der Waals surface area (Å²) in [6.07, 6.45) is 2.74. The number of sulfonamides is 1. The van der Waals surface area contributed by atoms with E-state index < -0.39 is 10.0 Å². The highest BCUT2D eigenvalue weighted by Crippen LogP contribution is 2.02. The van der Waals surface area contributed by atoms with E-state index in [1.54, 1.807) is 0 Å². The first kappa shape index (κ1) is 10.9. The largest absolute Gasteiger partial charge is 0.213 e. The molecule has 4 heteroatoms. The average Bonchev–Trinajstić information content (AvgIpc) is 1.88. The van der Waals surface area contributed by atoms with E-state index in [1.165, 1.54) is 7.05 Å². The molecule has 11 heavy (non-hydrogen) atoms. The quantitative estimate of drug-likeness (QED) is 0.594. The zero-order chi connectivity index (χ0) is 8.91. The Morgan fingerprint density at radius 2 is 1.91 bits per heavy atom. The SMILES string of the molecule is [CH2]N(C)S(=O)(=O)CCCCC. The van der Waals surface area contributed by atoms with E-state index in [0.717, 1.165) is 23.6 Å².